The van der Waals surface area contributed by atoms with Crippen molar-refractivity contribution in [3.63, 3.8) is 0 Å². The van der Waals surface area contributed by atoms with E-state index in [1.165, 1.54) is 4.68 Å². The highest BCUT2D eigenvalue weighted by atomic mass is 19.3. The molecule has 0 aliphatic rings. The molecule has 0 aromatic carbocycles. The topological polar surface area (TPSA) is 30.7 Å². The van der Waals surface area contributed by atoms with Crippen LogP contribution >= 0.6 is 0 Å². The molecule has 1 rings (SSSR count). The molecule has 62 valence electrons. The summed E-state index contributed by atoms with van der Waals surface area (Å²) in [6.07, 6.45) is -2.37. The van der Waals surface area contributed by atoms with Crippen molar-refractivity contribution >= 4 is 0 Å². The van der Waals surface area contributed by atoms with Gasteiger partial charge in [0.1, 0.15) is 18.2 Å². The van der Waals surface area contributed by atoms with Crippen LogP contribution in [0.2, 0.25) is 0 Å². The molecule has 0 bridgehead atoms. The Morgan fingerprint density at radius 1 is 1.45 bits per heavy atom. The van der Waals surface area contributed by atoms with Crippen LogP contribution in [-0.2, 0) is 6.54 Å². The molecule has 1 aromatic heterocycles. The van der Waals surface area contributed by atoms with Gasteiger partial charge in [-0.1, -0.05) is 0 Å². The van der Waals surface area contributed by atoms with Crippen LogP contribution < -0.4 is 0 Å². The number of alkyl halides is 2. The van der Waals surface area contributed by atoms with E-state index in [1.807, 2.05) is 0 Å². The smallest absolute Gasteiger partial charge is 0.244 e. The summed E-state index contributed by atoms with van der Waals surface area (Å²) in [4.78, 5) is 3.88. The van der Waals surface area contributed by atoms with E-state index < -0.39 is 6.43 Å². The molecule has 0 saturated carbocycles. The van der Waals surface area contributed by atoms with Gasteiger partial charge in [-0.2, -0.15) is 5.10 Å². The van der Waals surface area contributed by atoms with Crippen LogP contribution in [0.15, 0.2) is 0 Å². The van der Waals surface area contributed by atoms with Gasteiger partial charge < -0.3 is 0 Å². The first-order valence-corrected chi connectivity index (χ1v) is 3.26. The summed E-state index contributed by atoms with van der Waals surface area (Å²) in [5.41, 5.74) is 0. The molecule has 0 fully saturated rings. The molecule has 1 aromatic rings. The Hall–Kier alpha value is -1.00. The first-order chi connectivity index (χ1) is 5.09. The van der Waals surface area contributed by atoms with Gasteiger partial charge in [0.05, 0.1) is 0 Å². The predicted molar refractivity (Wildman–Crippen MR) is 35.5 cm³/mol. The zero-order valence-electron chi connectivity index (χ0n) is 6.38. The molecule has 0 atom stereocenters. The van der Waals surface area contributed by atoms with E-state index in [0.717, 1.165) is 0 Å². The number of aromatic nitrogens is 3. The first-order valence-electron chi connectivity index (χ1n) is 3.26. The molecule has 0 radical (unpaired) electrons. The summed E-state index contributed by atoms with van der Waals surface area (Å²) < 4.78 is 24.9. The van der Waals surface area contributed by atoms with Crippen molar-refractivity contribution < 1.29 is 8.78 Å². The van der Waals surface area contributed by atoms with Crippen molar-refractivity contribution in [1.29, 1.82) is 0 Å². The molecule has 1 heterocycles. The zero-order valence-corrected chi connectivity index (χ0v) is 6.38. The Morgan fingerprint density at radius 3 is 2.45 bits per heavy atom. The lowest BCUT2D eigenvalue weighted by Gasteiger charge is -1.99. The monoisotopic (exact) mass is 161 g/mol. The summed E-state index contributed by atoms with van der Waals surface area (Å²) in [5.74, 6) is 1.06. The van der Waals surface area contributed by atoms with Crippen LogP contribution in [0.5, 0.6) is 0 Å². The van der Waals surface area contributed by atoms with E-state index in [9.17, 15) is 8.78 Å². The summed E-state index contributed by atoms with van der Waals surface area (Å²) in [6.45, 7) is 2.96. The molecule has 0 N–H and O–H groups in total. The Kier molecular flexibility index (Phi) is 2.16. The molecule has 0 aliphatic carbocycles. The fourth-order valence-electron chi connectivity index (χ4n) is 0.865. The van der Waals surface area contributed by atoms with Gasteiger partial charge in [-0.25, -0.2) is 18.4 Å². The molecule has 5 heteroatoms. The SMILES string of the molecule is Cc1nc(C)n(CC(F)F)n1. The summed E-state index contributed by atoms with van der Waals surface area (Å²) >= 11 is 0. The van der Waals surface area contributed by atoms with Crippen LogP contribution in [-0.4, -0.2) is 21.2 Å². The number of hydrogen-bond acceptors (Lipinski definition) is 2. The minimum atomic E-state index is -2.37. The van der Waals surface area contributed by atoms with E-state index in [-0.39, 0.29) is 6.54 Å². The van der Waals surface area contributed by atoms with E-state index in [1.54, 1.807) is 13.8 Å². The molecule has 11 heavy (non-hydrogen) atoms. The number of nitrogens with zero attached hydrogens (tertiary/aromatic N) is 3. The number of rotatable bonds is 2. The lowest BCUT2D eigenvalue weighted by atomic mass is 10.6. The Bertz CT molecular complexity index is 244. The first kappa shape index (κ1) is 8.10. The highest BCUT2D eigenvalue weighted by molar-refractivity contribution is 4.87. The minimum absolute atomic E-state index is 0.368. The van der Waals surface area contributed by atoms with Gasteiger partial charge in [0.2, 0.25) is 0 Å². The molecule has 0 aliphatic heterocycles. The van der Waals surface area contributed by atoms with E-state index >= 15 is 0 Å². The average Bonchev–Trinajstić information content (AvgIpc) is 2.09. The van der Waals surface area contributed by atoms with Crippen LogP contribution in [0.1, 0.15) is 11.6 Å². The van der Waals surface area contributed by atoms with Crippen molar-refractivity contribution in [2.45, 2.75) is 26.8 Å². The Morgan fingerprint density at radius 2 is 2.09 bits per heavy atom. The third-order valence-corrected chi connectivity index (χ3v) is 1.27. The number of aryl methyl sites for hydroxylation is 2. The molecule has 0 spiro atoms. The van der Waals surface area contributed by atoms with Gasteiger partial charge in [0.25, 0.3) is 6.43 Å². The lowest BCUT2D eigenvalue weighted by Crippen LogP contribution is -2.09. The maximum atomic E-state index is 11.8. The highest BCUT2D eigenvalue weighted by Crippen LogP contribution is 2.00. The quantitative estimate of drug-likeness (QED) is 0.651. The van der Waals surface area contributed by atoms with Gasteiger partial charge in [-0.15, -0.1) is 0 Å². The van der Waals surface area contributed by atoms with Crippen molar-refractivity contribution in [2.24, 2.45) is 0 Å². The minimum Gasteiger partial charge on any atom is -0.244 e. The lowest BCUT2D eigenvalue weighted by molar-refractivity contribution is 0.120. The second-order valence-electron chi connectivity index (χ2n) is 2.28. The molecule has 0 amide bonds. The van der Waals surface area contributed by atoms with Crippen LogP contribution in [0.25, 0.3) is 0 Å². The van der Waals surface area contributed by atoms with Crippen LogP contribution in [0.3, 0.4) is 0 Å². The highest BCUT2D eigenvalue weighted by Gasteiger charge is 2.08. The Labute approximate surface area is 63.0 Å². The molecule has 0 unspecified atom stereocenters. The average molecular weight is 161 g/mol. The van der Waals surface area contributed by atoms with Crippen molar-refractivity contribution in [3.05, 3.63) is 11.6 Å². The van der Waals surface area contributed by atoms with Gasteiger partial charge in [-0.05, 0) is 13.8 Å². The van der Waals surface area contributed by atoms with Crippen molar-refractivity contribution in [3.8, 4) is 0 Å². The standard InChI is InChI=1S/C6H9F2N3/c1-4-9-5(2)11(10-4)3-6(7)8/h6H,3H2,1-2H3. The van der Waals surface area contributed by atoms with Gasteiger partial charge >= 0.3 is 0 Å². The third kappa shape index (κ3) is 1.96. The molecular weight excluding hydrogens is 152 g/mol. The predicted octanol–water partition coefficient (Wildman–Crippen LogP) is 1.16. The summed E-state index contributed by atoms with van der Waals surface area (Å²) in [6, 6.07) is 0. The molecule has 0 saturated heterocycles. The fraction of sp³-hybridized carbons (Fsp3) is 0.667. The van der Waals surface area contributed by atoms with Crippen LogP contribution in [0.4, 0.5) is 8.78 Å². The maximum Gasteiger partial charge on any atom is 0.257 e. The third-order valence-electron chi connectivity index (χ3n) is 1.27. The van der Waals surface area contributed by atoms with E-state index in [4.69, 9.17) is 0 Å². The second kappa shape index (κ2) is 2.94. The molecule has 3 nitrogen and oxygen atoms in total. The normalized spacial score (nSPS) is 11.0. The number of halogens is 2. The maximum absolute atomic E-state index is 11.8. The summed E-state index contributed by atoms with van der Waals surface area (Å²) in [7, 11) is 0. The largest absolute Gasteiger partial charge is 0.257 e. The van der Waals surface area contributed by atoms with Gasteiger partial charge in [0, 0.05) is 0 Å². The second-order valence-corrected chi connectivity index (χ2v) is 2.28. The van der Waals surface area contributed by atoms with E-state index in [2.05, 4.69) is 10.1 Å². The van der Waals surface area contributed by atoms with Crippen molar-refractivity contribution in [1.82, 2.24) is 14.8 Å². The number of hydrogen-bond donors (Lipinski definition) is 0. The summed E-state index contributed by atoms with van der Waals surface area (Å²) in [5, 5.41) is 3.78. The Balaban J connectivity index is 2.77. The van der Waals surface area contributed by atoms with Crippen LogP contribution in [0, 0.1) is 13.8 Å². The zero-order chi connectivity index (χ0) is 8.43. The molecular formula is C6H9F2N3. The fourth-order valence-corrected chi connectivity index (χ4v) is 0.865. The van der Waals surface area contributed by atoms with Gasteiger partial charge in [0.15, 0.2) is 0 Å². The van der Waals surface area contributed by atoms with Gasteiger partial charge in [-0.3, -0.25) is 0 Å². The van der Waals surface area contributed by atoms with E-state index in [0.29, 0.717) is 11.6 Å². The van der Waals surface area contributed by atoms with Crippen molar-refractivity contribution in [2.75, 3.05) is 0 Å².